The fourth-order valence-corrected chi connectivity index (χ4v) is 4.76. The van der Waals surface area contributed by atoms with E-state index in [4.69, 9.17) is 21.4 Å². The second-order valence-corrected chi connectivity index (χ2v) is 10.2. The number of benzene rings is 2. The molecular weight excluding hydrogens is 514 g/mol. The van der Waals surface area contributed by atoms with Gasteiger partial charge in [0.2, 0.25) is 0 Å². The molecule has 0 fully saturated rings. The Labute approximate surface area is 236 Å². The third-order valence-corrected chi connectivity index (χ3v) is 6.97. The van der Waals surface area contributed by atoms with Crippen LogP contribution in [-0.2, 0) is 17.6 Å². The molecule has 0 bridgehead atoms. The van der Waals surface area contributed by atoms with E-state index in [1.165, 1.54) is 54.5 Å². The van der Waals surface area contributed by atoms with Crippen LogP contribution in [0.4, 0.5) is 10.5 Å². The zero-order valence-corrected chi connectivity index (χ0v) is 23.7. The summed E-state index contributed by atoms with van der Waals surface area (Å²) in [7, 11) is 0. The fraction of sp³-hybridized carbons (Fsp3) is 0.419. The van der Waals surface area contributed by atoms with E-state index in [0.29, 0.717) is 17.7 Å². The fourth-order valence-electron chi connectivity index (χ4n) is 4.63. The van der Waals surface area contributed by atoms with Crippen LogP contribution in [0.2, 0.25) is 5.02 Å². The molecule has 4 rings (SSSR count). The molecule has 3 aromatic rings. The van der Waals surface area contributed by atoms with Crippen molar-refractivity contribution < 1.29 is 19.4 Å². The Bertz CT molecular complexity index is 1240. The van der Waals surface area contributed by atoms with Gasteiger partial charge in [-0.3, -0.25) is 5.32 Å². The SMILES string of the molecule is CC=CCCCOC(=O)Nc1ccc2[nH]c3c(c2c1)CC(NCCCCC)CC3.O=C(O)c1ccc(Cl)cc1. The number of allylic oxidation sites excluding steroid dienone is 2. The van der Waals surface area contributed by atoms with Crippen LogP contribution in [0.25, 0.3) is 10.9 Å². The highest BCUT2D eigenvalue weighted by atomic mass is 35.5. The minimum absolute atomic E-state index is 0.254. The van der Waals surface area contributed by atoms with Gasteiger partial charge in [-0.25, -0.2) is 9.59 Å². The number of aromatic nitrogens is 1. The minimum atomic E-state index is -0.934. The molecule has 0 radical (unpaired) electrons. The number of fused-ring (bicyclic) bond motifs is 3. The molecule has 1 unspecified atom stereocenters. The highest BCUT2D eigenvalue weighted by molar-refractivity contribution is 6.30. The van der Waals surface area contributed by atoms with Crippen LogP contribution < -0.4 is 10.6 Å². The van der Waals surface area contributed by atoms with E-state index in [9.17, 15) is 9.59 Å². The molecule has 39 heavy (non-hydrogen) atoms. The lowest BCUT2D eigenvalue weighted by Gasteiger charge is -2.23. The van der Waals surface area contributed by atoms with Gasteiger partial charge in [-0.15, -0.1) is 0 Å². The summed E-state index contributed by atoms with van der Waals surface area (Å²) < 4.78 is 5.28. The zero-order valence-electron chi connectivity index (χ0n) is 22.9. The molecule has 8 heteroatoms. The average Bonchev–Trinajstić information content (AvgIpc) is 3.29. The van der Waals surface area contributed by atoms with Gasteiger partial charge in [0.05, 0.1) is 12.2 Å². The Morgan fingerprint density at radius 1 is 1.15 bits per heavy atom. The number of aryl methyl sites for hydroxylation is 1. The largest absolute Gasteiger partial charge is 0.478 e. The first-order chi connectivity index (χ1) is 18.9. The van der Waals surface area contributed by atoms with Crippen LogP contribution in [0.3, 0.4) is 0 Å². The lowest BCUT2D eigenvalue weighted by molar-refractivity contribution is 0.0697. The van der Waals surface area contributed by atoms with Crippen molar-refractivity contribution in [3.8, 4) is 0 Å². The van der Waals surface area contributed by atoms with Crippen molar-refractivity contribution in [1.82, 2.24) is 10.3 Å². The third kappa shape index (κ3) is 9.75. The first-order valence-electron chi connectivity index (χ1n) is 13.8. The first-order valence-corrected chi connectivity index (χ1v) is 14.2. The molecule has 1 aliphatic rings. The number of rotatable bonds is 11. The summed E-state index contributed by atoms with van der Waals surface area (Å²) in [6.45, 7) is 5.77. The Balaban J connectivity index is 0.000000353. The molecule has 0 saturated carbocycles. The van der Waals surface area contributed by atoms with Crippen LogP contribution in [0.5, 0.6) is 0 Å². The summed E-state index contributed by atoms with van der Waals surface area (Å²) >= 11 is 5.52. The van der Waals surface area contributed by atoms with Crippen molar-refractivity contribution in [2.75, 3.05) is 18.5 Å². The highest BCUT2D eigenvalue weighted by Crippen LogP contribution is 2.31. The number of amides is 1. The molecule has 1 aromatic heterocycles. The standard InChI is InChI=1S/C24H35N3O2.C7H5ClO2/c1-3-5-7-9-15-29-24(28)26-19-11-13-23-21(17-19)20-16-18(10-12-22(20)27-23)25-14-8-6-4-2;8-6-3-1-5(2-4-6)7(9)10/h3,5,11,13,17-18,25,27H,4,6-10,12,14-16H2,1-2H3,(H,26,28);1-4H,(H,9,10). The Morgan fingerprint density at radius 3 is 2.67 bits per heavy atom. The average molecular weight is 554 g/mol. The van der Waals surface area contributed by atoms with Gasteiger partial charge < -0.3 is 20.1 Å². The number of aromatic amines is 1. The number of H-pyrrole nitrogens is 1. The van der Waals surface area contributed by atoms with Gasteiger partial charge in [-0.1, -0.05) is 43.5 Å². The highest BCUT2D eigenvalue weighted by Gasteiger charge is 2.22. The molecular formula is C31H40ClN3O4. The summed E-state index contributed by atoms with van der Waals surface area (Å²) in [5.41, 5.74) is 4.92. The van der Waals surface area contributed by atoms with Gasteiger partial charge in [0.1, 0.15) is 0 Å². The molecule has 1 atom stereocenters. The summed E-state index contributed by atoms with van der Waals surface area (Å²) in [6.07, 6.45) is 12.6. The van der Waals surface area contributed by atoms with E-state index >= 15 is 0 Å². The quantitative estimate of drug-likeness (QED) is 0.143. The smallest absolute Gasteiger partial charge is 0.411 e. The number of halogens is 1. The maximum Gasteiger partial charge on any atom is 0.411 e. The summed E-state index contributed by atoms with van der Waals surface area (Å²) in [4.78, 5) is 25.9. The van der Waals surface area contributed by atoms with Crippen molar-refractivity contribution >= 4 is 40.3 Å². The number of aromatic carboxylic acids is 1. The maximum absolute atomic E-state index is 12.1. The molecule has 210 valence electrons. The number of nitrogens with one attached hydrogen (secondary N) is 3. The second kappa shape index (κ2) is 16.0. The van der Waals surface area contributed by atoms with Gasteiger partial charge in [0.15, 0.2) is 0 Å². The molecule has 1 aliphatic carbocycles. The zero-order chi connectivity index (χ0) is 28.0. The molecule has 2 aromatic carbocycles. The van der Waals surface area contributed by atoms with Crippen molar-refractivity contribution in [2.24, 2.45) is 0 Å². The number of carbonyl (C=O) groups excluding carboxylic acids is 1. The topological polar surface area (TPSA) is 103 Å². The first kappa shape index (κ1) is 30.3. The van der Waals surface area contributed by atoms with E-state index in [0.717, 1.165) is 43.4 Å². The van der Waals surface area contributed by atoms with Gasteiger partial charge >= 0.3 is 12.1 Å². The van der Waals surface area contributed by atoms with E-state index in [1.807, 2.05) is 19.1 Å². The predicted molar refractivity (Wildman–Crippen MR) is 159 cm³/mol. The van der Waals surface area contributed by atoms with E-state index in [2.05, 4.69) is 40.8 Å². The Hall–Kier alpha value is -3.29. The van der Waals surface area contributed by atoms with Crippen molar-refractivity contribution in [1.29, 1.82) is 0 Å². The van der Waals surface area contributed by atoms with E-state index in [1.54, 1.807) is 12.1 Å². The van der Waals surface area contributed by atoms with Gasteiger partial charge in [0, 0.05) is 33.3 Å². The van der Waals surface area contributed by atoms with Gasteiger partial charge in [-0.05, 0) is 100 Å². The van der Waals surface area contributed by atoms with Crippen LogP contribution in [0.1, 0.15) is 74.0 Å². The van der Waals surface area contributed by atoms with E-state index < -0.39 is 5.97 Å². The summed E-state index contributed by atoms with van der Waals surface area (Å²) in [5, 5.41) is 16.8. The van der Waals surface area contributed by atoms with E-state index in [-0.39, 0.29) is 11.7 Å². The summed E-state index contributed by atoms with van der Waals surface area (Å²) in [5.74, 6) is -0.934. The lowest BCUT2D eigenvalue weighted by Crippen LogP contribution is -2.35. The maximum atomic E-state index is 12.1. The van der Waals surface area contributed by atoms with Crippen LogP contribution >= 0.6 is 11.6 Å². The normalized spacial score (nSPS) is 14.5. The monoisotopic (exact) mass is 553 g/mol. The molecule has 0 saturated heterocycles. The number of carboxylic acid groups (broad SMARTS) is 1. The summed E-state index contributed by atoms with van der Waals surface area (Å²) in [6, 6.07) is 12.6. The molecule has 1 heterocycles. The second-order valence-electron chi connectivity index (χ2n) is 9.73. The minimum Gasteiger partial charge on any atom is -0.478 e. The Morgan fingerprint density at radius 2 is 1.95 bits per heavy atom. The van der Waals surface area contributed by atoms with Crippen LogP contribution in [-0.4, -0.2) is 41.3 Å². The van der Waals surface area contributed by atoms with Gasteiger partial charge in [0.25, 0.3) is 0 Å². The Kier molecular flexibility index (Phi) is 12.4. The van der Waals surface area contributed by atoms with Crippen LogP contribution in [0, 0.1) is 0 Å². The number of anilines is 1. The number of hydrogen-bond acceptors (Lipinski definition) is 4. The molecule has 0 aliphatic heterocycles. The number of carboxylic acids is 1. The van der Waals surface area contributed by atoms with Crippen LogP contribution in [0.15, 0.2) is 54.6 Å². The lowest BCUT2D eigenvalue weighted by atomic mass is 9.91. The number of hydrogen-bond donors (Lipinski definition) is 4. The van der Waals surface area contributed by atoms with Gasteiger partial charge in [-0.2, -0.15) is 0 Å². The predicted octanol–water partition coefficient (Wildman–Crippen LogP) is 7.75. The van der Waals surface area contributed by atoms with Crippen molar-refractivity contribution in [3.05, 3.63) is 76.5 Å². The molecule has 1 amide bonds. The van der Waals surface area contributed by atoms with Crippen molar-refractivity contribution in [2.45, 2.75) is 71.3 Å². The molecule has 7 nitrogen and oxygen atoms in total. The number of unbranched alkanes of at least 4 members (excludes halogenated alkanes) is 3. The number of ether oxygens (including phenoxy) is 1. The van der Waals surface area contributed by atoms with Crippen molar-refractivity contribution in [3.63, 3.8) is 0 Å². The third-order valence-electron chi connectivity index (χ3n) is 6.72. The number of carbonyl (C=O) groups is 2. The molecule has 0 spiro atoms. The molecule has 4 N–H and O–H groups in total.